The number of amides is 2. The van der Waals surface area contributed by atoms with Gasteiger partial charge in [-0.1, -0.05) is 0 Å². The molecule has 1 spiro atoms. The van der Waals surface area contributed by atoms with Crippen LogP contribution in [0.15, 0.2) is 0 Å². The summed E-state index contributed by atoms with van der Waals surface area (Å²) in [6.07, 6.45) is 2.08. The van der Waals surface area contributed by atoms with Crippen molar-refractivity contribution in [3.05, 3.63) is 0 Å². The van der Waals surface area contributed by atoms with Gasteiger partial charge in [0.2, 0.25) is 0 Å². The maximum atomic E-state index is 10.8. The molecular weight excluding hydrogens is 144 g/mol. The number of carbonyl (C=O) groups excluding carboxylic acids is 1. The van der Waals surface area contributed by atoms with E-state index in [-0.39, 0.29) is 11.6 Å². The van der Waals surface area contributed by atoms with E-state index in [0.29, 0.717) is 13.2 Å². The van der Waals surface area contributed by atoms with E-state index >= 15 is 0 Å². The first kappa shape index (κ1) is 6.91. The molecule has 0 saturated carbocycles. The Kier molecular flexibility index (Phi) is 1.49. The van der Waals surface area contributed by atoms with Crippen LogP contribution in [0.4, 0.5) is 4.79 Å². The van der Waals surface area contributed by atoms with Crippen molar-refractivity contribution in [2.45, 2.75) is 18.4 Å². The minimum absolute atomic E-state index is 0.0597. The summed E-state index contributed by atoms with van der Waals surface area (Å²) in [5.41, 5.74) is -0.0880. The van der Waals surface area contributed by atoms with Crippen molar-refractivity contribution in [3.63, 3.8) is 0 Å². The Bertz CT molecular complexity index is 175. The van der Waals surface area contributed by atoms with Gasteiger partial charge in [-0.2, -0.15) is 0 Å². The maximum Gasteiger partial charge on any atom is 0.315 e. The summed E-state index contributed by atoms with van der Waals surface area (Å²) in [5.74, 6) is 0. The van der Waals surface area contributed by atoms with Crippen molar-refractivity contribution < 1.29 is 9.53 Å². The second-order valence-electron chi connectivity index (χ2n) is 3.24. The quantitative estimate of drug-likeness (QED) is 0.512. The fraction of sp³-hybridized carbons (Fsp3) is 0.857. The van der Waals surface area contributed by atoms with Crippen molar-refractivity contribution >= 4 is 6.03 Å². The van der Waals surface area contributed by atoms with E-state index in [2.05, 4.69) is 10.6 Å². The molecule has 4 nitrogen and oxygen atoms in total. The Morgan fingerprint density at radius 1 is 1.55 bits per heavy atom. The van der Waals surface area contributed by atoms with Crippen LogP contribution < -0.4 is 10.6 Å². The Hall–Kier alpha value is -0.770. The number of nitrogens with one attached hydrogen (secondary N) is 2. The molecule has 2 N–H and O–H groups in total. The molecule has 0 aromatic heterocycles. The topological polar surface area (TPSA) is 50.4 Å². The highest BCUT2D eigenvalue weighted by Crippen LogP contribution is 2.20. The Balaban J connectivity index is 2.03. The normalized spacial score (nSPS) is 36.9. The minimum atomic E-state index is -0.0880. The molecule has 0 bridgehead atoms. The number of rotatable bonds is 0. The van der Waals surface area contributed by atoms with Gasteiger partial charge in [0.15, 0.2) is 0 Å². The van der Waals surface area contributed by atoms with Crippen molar-refractivity contribution in [3.8, 4) is 0 Å². The lowest BCUT2D eigenvalue weighted by molar-refractivity contribution is 0.0359. The monoisotopic (exact) mass is 156 g/mol. The molecular formula is C7H12N2O2. The number of ether oxygens (including phenoxy) is 1. The van der Waals surface area contributed by atoms with E-state index in [1.165, 1.54) is 0 Å². The number of carbonyl (C=O) groups is 1. The van der Waals surface area contributed by atoms with E-state index in [1.807, 2.05) is 0 Å². The molecule has 2 aliphatic rings. The van der Waals surface area contributed by atoms with Crippen LogP contribution in [-0.4, -0.2) is 31.3 Å². The average Bonchev–Trinajstić information content (AvgIpc) is 2.34. The predicted molar refractivity (Wildman–Crippen MR) is 39.3 cm³/mol. The summed E-state index contributed by atoms with van der Waals surface area (Å²) < 4.78 is 5.30. The van der Waals surface area contributed by atoms with Gasteiger partial charge >= 0.3 is 6.03 Å². The van der Waals surface area contributed by atoms with Crippen molar-refractivity contribution in [2.24, 2.45) is 0 Å². The third-order valence-corrected chi connectivity index (χ3v) is 2.29. The molecule has 4 heteroatoms. The molecule has 2 aliphatic heterocycles. The van der Waals surface area contributed by atoms with Gasteiger partial charge in [0.1, 0.15) is 0 Å². The molecule has 62 valence electrons. The zero-order valence-electron chi connectivity index (χ0n) is 6.35. The molecule has 2 heterocycles. The van der Waals surface area contributed by atoms with Crippen LogP contribution in [0.2, 0.25) is 0 Å². The Labute approximate surface area is 65.3 Å². The minimum Gasteiger partial charge on any atom is -0.379 e. The zero-order valence-corrected chi connectivity index (χ0v) is 6.35. The van der Waals surface area contributed by atoms with Gasteiger partial charge < -0.3 is 15.4 Å². The SMILES string of the molecule is O=C1NCC2(CCCOC2)N1. The van der Waals surface area contributed by atoms with Crippen molar-refractivity contribution in [2.75, 3.05) is 19.8 Å². The van der Waals surface area contributed by atoms with E-state index < -0.39 is 0 Å². The van der Waals surface area contributed by atoms with Crippen LogP contribution in [0.5, 0.6) is 0 Å². The predicted octanol–water partition coefficient (Wildman–Crippen LogP) is -0.152. The highest BCUT2D eigenvalue weighted by atomic mass is 16.5. The van der Waals surface area contributed by atoms with Crippen LogP contribution in [-0.2, 0) is 4.74 Å². The smallest absolute Gasteiger partial charge is 0.315 e. The molecule has 0 aromatic carbocycles. The highest BCUT2D eigenvalue weighted by Gasteiger charge is 2.39. The summed E-state index contributed by atoms with van der Waals surface area (Å²) in [7, 11) is 0. The number of hydrogen-bond acceptors (Lipinski definition) is 2. The van der Waals surface area contributed by atoms with Gasteiger partial charge in [0.25, 0.3) is 0 Å². The van der Waals surface area contributed by atoms with Crippen LogP contribution in [0.25, 0.3) is 0 Å². The van der Waals surface area contributed by atoms with Gasteiger partial charge in [-0.3, -0.25) is 0 Å². The molecule has 11 heavy (non-hydrogen) atoms. The zero-order chi connectivity index (χ0) is 7.73. The Morgan fingerprint density at radius 2 is 2.45 bits per heavy atom. The van der Waals surface area contributed by atoms with Gasteiger partial charge in [-0.05, 0) is 12.8 Å². The van der Waals surface area contributed by atoms with Crippen LogP contribution >= 0.6 is 0 Å². The first-order chi connectivity index (χ1) is 5.31. The average molecular weight is 156 g/mol. The third-order valence-electron chi connectivity index (χ3n) is 2.29. The summed E-state index contributed by atoms with van der Waals surface area (Å²) in [5, 5.41) is 5.64. The van der Waals surface area contributed by atoms with Gasteiger partial charge in [-0.15, -0.1) is 0 Å². The van der Waals surface area contributed by atoms with Crippen LogP contribution in [0, 0.1) is 0 Å². The van der Waals surface area contributed by atoms with Crippen molar-refractivity contribution in [1.82, 2.24) is 10.6 Å². The molecule has 2 rings (SSSR count). The largest absolute Gasteiger partial charge is 0.379 e. The molecule has 2 amide bonds. The van der Waals surface area contributed by atoms with Gasteiger partial charge in [0, 0.05) is 13.2 Å². The maximum absolute atomic E-state index is 10.8. The lowest BCUT2D eigenvalue weighted by atomic mass is 9.94. The summed E-state index contributed by atoms with van der Waals surface area (Å²) in [6.45, 7) is 2.20. The van der Waals surface area contributed by atoms with E-state index in [4.69, 9.17) is 4.74 Å². The Morgan fingerprint density at radius 3 is 3.00 bits per heavy atom. The first-order valence-corrected chi connectivity index (χ1v) is 3.95. The first-order valence-electron chi connectivity index (χ1n) is 3.95. The lowest BCUT2D eigenvalue weighted by Gasteiger charge is -2.31. The number of hydrogen-bond donors (Lipinski definition) is 2. The molecule has 2 saturated heterocycles. The fourth-order valence-electron chi connectivity index (χ4n) is 1.67. The molecule has 0 radical (unpaired) electrons. The second kappa shape index (κ2) is 2.37. The molecule has 1 unspecified atom stereocenters. The molecule has 1 atom stereocenters. The third kappa shape index (κ3) is 1.18. The molecule has 0 aromatic rings. The lowest BCUT2D eigenvalue weighted by Crippen LogP contribution is -2.50. The van der Waals surface area contributed by atoms with Gasteiger partial charge in [-0.25, -0.2) is 4.79 Å². The summed E-state index contributed by atoms with van der Waals surface area (Å²) in [4.78, 5) is 10.8. The highest BCUT2D eigenvalue weighted by molar-refractivity contribution is 5.77. The standard InChI is InChI=1S/C7H12N2O2/c10-6-8-4-7(9-6)2-1-3-11-5-7/h1-5H2,(H2,8,9,10). The fourth-order valence-corrected chi connectivity index (χ4v) is 1.67. The van der Waals surface area contributed by atoms with Crippen LogP contribution in [0.1, 0.15) is 12.8 Å². The second-order valence-corrected chi connectivity index (χ2v) is 3.24. The van der Waals surface area contributed by atoms with Crippen molar-refractivity contribution in [1.29, 1.82) is 0 Å². The van der Waals surface area contributed by atoms with Crippen LogP contribution in [0.3, 0.4) is 0 Å². The van der Waals surface area contributed by atoms with Gasteiger partial charge in [0.05, 0.1) is 12.1 Å². The molecule has 2 fully saturated rings. The molecule has 0 aliphatic carbocycles. The van der Waals surface area contributed by atoms with E-state index in [9.17, 15) is 4.79 Å². The summed E-state index contributed by atoms with van der Waals surface area (Å²) >= 11 is 0. The van der Waals surface area contributed by atoms with E-state index in [0.717, 1.165) is 19.4 Å². The number of urea groups is 1. The van der Waals surface area contributed by atoms with E-state index in [1.54, 1.807) is 0 Å². The summed E-state index contributed by atoms with van der Waals surface area (Å²) in [6, 6.07) is -0.0597.